The summed E-state index contributed by atoms with van der Waals surface area (Å²) in [4.78, 5) is 25.8. The number of nitrogens with one attached hydrogen (secondary N) is 1. The Hall–Kier alpha value is -3.34. The lowest BCUT2D eigenvalue weighted by Crippen LogP contribution is -2.40. The maximum Gasteiger partial charge on any atom is 0.415 e. The van der Waals surface area contributed by atoms with Gasteiger partial charge in [-0.05, 0) is 28.5 Å². The average molecular weight is 348 g/mol. The molecule has 0 aliphatic carbocycles. The van der Waals surface area contributed by atoms with Crippen LogP contribution in [0.4, 0.5) is 10.5 Å². The number of nitrogens with zero attached hydrogens (tertiary/aromatic N) is 1. The number of benzene rings is 3. The van der Waals surface area contributed by atoms with Gasteiger partial charge >= 0.3 is 6.09 Å². The predicted octanol–water partition coefficient (Wildman–Crippen LogP) is 3.73. The fraction of sp³-hybridized carbons (Fsp3) is 0.143. The first-order valence-corrected chi connectivity index (χ1v) is 8.35. The van der Waals surface area contributed by atoms with E-state index in [9.17, 15) is 9.59 Å². The SMILES string of the molecule is CNC(=O)CN(C(=O)OCc1ccccc1)c1ccc2ccccc2c1. The van der Waals surface area contributed by atoms with Crippen molar-refractivity contribution in [3.05, 3.63) is 78.4 Å². The normalized spacial score (nSPS) is 10.3. The third-order valence-electron chi connectivity index (χ3n) is 4.05. The smallest absolute Gasteiger partial charge is 0.415 e. The molecule has 3 rings (SSSR count). The van der Waals surface area contributed by atoms with Crippen molar-refractivity contribution < 1.29 is 14.3 Å². The van der Waals surface area contributed by atoms with E-state index in [-0.39, 0.29) is 19.1 Å². The highest BCUT2D eigenvalue weighted by atomic mass is 16.6. The Morgan fingerprint density at radius 2 is 1.62 bits per heavy atom. The van der Waals surface area contributed by atoms with Gasteiger partial charge in [0.2, 0.25) is 5.91 Å². The van der Waals surface area contributed by atoms with E-state index in [1.807, 2.05) is 72.8 Å². The van der Waals surface area contributed by atoms with Crippen LogP contribution in [-0.2, 0) is 16.1 Å². The molecule has 3 aromatic carbocycles. The van der Waals surface area contributed by atoms with E-state index in [0.717, 1.165) is 16.3 Å². The summed E-state index contributed by atoms with van der Waals surface area (Å²) in [5.74, 6) is -0.269. The minimum Gasteiger partial charge on any atom is -0.444 e. The number of carbonyl (C=O) groups is 2. The summed E-state index contributed by atoms with van der Waals surface area (Å²) in [6.45, 7) is 0.0416. The summed E-state index contributed by atoms with van der Waals surface area (Å²) in [5, 5.41) is 4.60. The molecule has 5 heteroatoms. The van der Waals surface area contributed by atoms with Gasteiger partial charge in [-0.1, -0.05) is 60.7 Å². The van der Waals surface area contributed by atoms with E-state index in [2.05, 4.69) is 5.32 Å². The molecule has 0 saturated heterocycles. The summed E-state index contributed by atoms with van der Waals surface area (Å²) < 4.78 is 5.41. The molecule has 26 heavy (non-hydrogen) atoms. The second-order valence-corrected chi connectivity index (χ2v) is 5.83. The van der Waals surface area contributed by atoms with Crippen LogP contribution in [-0.4, -0.2) is 25.6 Å². The monoisotopic (exact) mass is 348 g/mol. The van der Waals surface area contributed by atoms with E-state index in [1.165, 1.54) is 11.9 Å². The van der Waals surface area contributed by atoms with Crippen LogP contribution in [0.1, 0.15) is 5.56 Å². The van der Waals surface area contributed by atoms with Gasteiger partial charge in [-0.25, -0.2) is 4.79 Å². The Labute approximate surface area is 152 Å². The topological polar surface area (TPSA) is 58.6 Å². The molecule has 0 saturated carbocycles. The summed E-state index contributed by atoms with van der Waals surface area (Å²) in [6, 6.07) is 22.9. The molecule has 5 nitrogen and oxygen atoms in total. The zero-order valence-electron chi connectivity index (χ0n) is 14.5. The van der Waals surface area contributed by atoms with Gasteiger partial charge in [0.1, 0.15) is 13.2 Å². The quantitative estimate of drug-likeness (QED) is 0.764. The number of hydrogen-bond acceptors (Lipinski definition) is 3. The van der Waals surface area contributed by atoms with E-state index in [1.54, 1.807) is 0 Å². The second-order valence-electron chi connectivity index (χ2n) is 5.83. The van der Waals surface area contributed by atoms with Crippen molar-refractivity contribution >= 4 is 28.5 Å². The highest BCUT2D eigenvalue weighted by Crippen LogP contribution is 2.23. The Morgan fingerprint density at radius 3 is 2.35 bits per heavy atom. The highest BCUT2D eigenvalue weighted by Gasteiger charge is 2.20. The van der Waals surface area contributed by atoms with Crippen molar-refractivity contribution in [1.29, 1.82) is 0 Å². The molecule has 3 aromatic rings. The van der Waals surface area contributed by atoms with Gasteiger partial charge in [-0.2, -0.15) is 0 Å². The minimum absolute atomic E-state index is 0.109. The standard InChI is InChI=1S/C21H20N2O3/c1-22-20(24)14-23(21(25)26-15-16-7-3-2-4-8-16)19-12-11-17-9-5-6-10-18(17)13-19/h2-13H,14-15H2,1H3,(H,22,24). The molecule has 0 aliphatic heterocycles. The largest absolute Gasteiger partial charge is 0.444 e. The third kappa shape index (κ3) is 4.19. The van der Waals surface area contributed by atoms with Crippen LogP contribution >= 0.6 is 0 Å². The van der Waals surface area contributed by atoms with E-state index >= 15 is 0 Å². The van der Waals surface area contributed by atoms with Crippen molar-refractivity contribution in [2.24, 2.45) is 0 Å². The molecule has 0 spiro atoms. The van der Waals surface area contributed by atoms with Crippen molar-refractivity contribution in [2.75, 3.05) is 18.5 Å². The lowest BCUT2D eigenvalue weighted by atomic mass is 10.1. The lowest BCUT2D eigenvalue weighted by molar-refractivity contribution is -0.119. The number of ether oxygens (including phenoxy) is 1. The second kappa shape index (κ2) is 8.16. The van der Waals surface area contributed by atoms with Crippen LogP contribution in [0.2, 0.25) is 0 Å². The molecular weight excluding hydrogens is 328 g/mol. The zero-order chi connectivity index (χ0) is 18.4. The van der Waals surface area contributed by atoms with Crippen molar-refractivity contribution in [3.8, 4) is 0 Å². The molecule has 0 atom stereocenters. The van der Waals surface area contributed by atoms with Crippen LogP contribution in [0.5, 0.6) is 0 Å². The van der Waals surface area contributed by atoms with Gasteiger partial charge in [0.15, 0.2) is 0 Å². The first-order valence-electron chi connectivity index (χ1n) is 8.35. The lowest BCUT2D eigenvalue weighted by Gasteiger charge is -2.22. The summed E-state index contributed by atoms with van der Waals surface area (Å²) >= 11 is 0. The summed E-state index contributed by atoms with van der Waals surface area (Å²) in [5.41, 5.74) is 1.50. The molecular formula is C21H20N2O3. The summed E-state index contributed by atoms with van der Waals surface area (Å²) in [7, 11) is 1.54. The fourth-order valence-corrected chi connectivity index (χ4v) is 2.63. The number of fused-ring (bicyclic) bond motifs is 1. The van der Waals surface area contributed by atoms with Gasteiger partial charge in [-0.3, -0.25) is 9.69 Å². The first kappa shape index (κ1) is 17.5. The maximum absolute atomic E-state index is 12.6. The number of likely N-dealkylation sites (N-methyl/N-ethyl adjacent to an activating group) is 1. The molecule has 0 unspecified atom stereocenters. The molecule has 2 amide bonds. The number of hydrogen-bond donors (Lipinski definition) is 1. The average Bonchev–Trinajstić information content (AvgIpc) is 2.70. The van der Waals surface area contributed by atoms with Gasteiger partial charge in [0.05, 0.1) is 0 Å². The highest BCUT2D eigenvalue weighted by molar-refractivity contribution is 5.97. The van der Waals surface area contributed by atoms with Gasteiger partial charge in [0.25, 0.3) is 0 Å². The van der Waals surface area contributed by atoms with Crippen LogP contribution in [0.25, 0.3) is 10.8 Å². The van der Waals surface area contributed by atoms with Crippen molar-refractivity contribution in [3.63, 3.8) is 0 Å². The Morgan fingerprint density at radius 1 is 0.923 bits per heavy atom. The molecule has 0 heterocycles. The molecule has 132 valence electrons. The van der Waals surface area contributed by atoms with Gasteiger partial charge in [-0.15, -0.1) is 0 Å². The number of rotatable bonds is 5. The number of amides is 2. The molecule has 0 bridgehead atoms. The van der Waals surface area contributed by atoms with Crippen LogP contribution in [0, 0.1) is 0 Å². The first-order chi connectivity index (χ1) is 12.7. The molecule has 0 fully saturated rings. The third-order valence-corrected chi connectivity index (χ3v) is 4.05. The van der Waals surface area contributed by atoms with Crippen LogP contribution in [0.3, 0.4) is 0 Å². The fourth-order valence-electron chi connectivity index (χ4n) is 2.63. The molecule has 0 radical (unpaired) electrons. The van der Waals surface area contributed by atoms with Gasteiger partial charge in [0, 0.05) is 12.7 Å². The van der Waals surface area contributed by atoms with Crippen LogP contribution < -0.4 is 10.2 Å². The van der Waals surface area contributed by atoms with Crippen molar-refractivity contribution in [1.82, 2.24) is 5.32 Å². The minimum atomic E-state index is -0.562. The number of carbonyl (C=O) groups excluding carboxylic acids is 2. The summed E-state index contributed by atoms with van der Waals surface area (Å²) in [6.07, 6.45) is -0.562. The molecule has 1 N–H and O–H groups in total. The van der Waals surface area contributed by atoms with E-state index in [0.29, 0.717) is 5.69 Å². The van der Waals surface area contributed by atoms with Crippen LogP contribution in [0.15, 0.2) is 72.8 Å². The van der Waals surface area contributed by atoms with Crippen molar-refractivity contribution in [2.45, 2.75) is 6.61 Å². The Kier molecular flexibility index (Phi) is 5.49. The molecule has 0 aromatic heterocycles. The Balaban J connectivity index is 1.83. The maximum atomic E-state index is 12.6. The Bertz CT molecular complexity index is 909. The number of anilines is 1. The van der Waals surface area contributed by atoms with E-state index in [4.69, 9.17) is 4.74 Å². The molecule has 0 aliphatic rings. The predicted molar refractivity (Wildman–Crippen MR) is 102 cm³/mol. The van der Waals surface area contributed by atoms with E-state index < -0.39 is 6.09 Å². The zero-order valence-corrected chi connectivity index (χ0v) is 14.5. The van der Waals surface area contributed by atoms with Gasteiger partial charge < -0.3 is 10.1 Å².